The summed E-state index contributed by atoms with van der Waals surface area (Å²) in [6, 6.07) is 3.69. The van der Waals surface area contributed by atoms with Gasteiger partial charge >= 0.3 is 0 Å². The number of hydrogen-bond donors (Lipinski definition) is 1. The molecule has 4 atom stereocenters. The van der Waals surface area contributed by atoms with Gasteiger partial charge in [0.25, 0.3) is 0 Å². The van der Waals surface area contributed by atoms with E-state index in [1.807, 2.05) is 12.1 Å². The molecule has 1 saturated carbocycles. The quantitative estimate of drug-likeness (QED) is 0.644. The molecule has 3 aliphatic rings. The van der Waals surface area contributed by atoms with Crippen molar-refractivity contribution in [3.63, 3.8) is 0 Å². The van der Waals surface area contributed by atoms with Gasteiger partial charge in [0.15, 0.2) is 0 Å². The van der Waals surface area contributed by atoms with Crippen LogP contribution in [-0.4, -0.2) is 34.2 Å². The van der Waals surface area contributed by atoms with Crippen molar-refractivity contribution >= 4 is 17.7 Å². The van der Waals surface area contributed by atoms with Gasteiger partial charge in [0.05, 0.1) is 11.8 Å². The normalized spacial score (nSPS) is 30.1. The molecule has 2 aliphatic carbocycles. The fourth-order valence-corrected chi connectivity index (χ4v) is 4.19. The average molecular weight is 325 g/mol. The molecular formula is C18H19N3O3. The minimum Gasteiger partial charge on any atom is -0.352 e. The highest BCUT2D eigenvalue weighted by molar-refractivity contribution is 6.06. The van der Waals surface area contributed by atoms with Crippen LogP contribution in [0.2, 0.25) is 0 Å². The van der Waals surface area contributed by atoms with Gasteiger partial charge in [-0.2, -0.15) is 0 Å². The number of amides is 3. The maximum atomic E-state index is 12.5. The zero-order chi connectivity index (χ0) is 16.7. The Kier molecular flexibility index (Phi) is 3.67. The van der Waals surface area contributed by atoms with E-state index < -0.39 is 0 Å². The molecule has 0 aromatic carbocycles. The molecule has 124 valence electrons. The molecule has 4 rings (SSSR count). The molecular weight excluding hydrogens is 306 g/mol. The van der Waals surface area contributed by atoms with Crippen molar-refractivity contribution < 1.29 is 14.4 Å². The summed E-state index contributed by atoms with van der Waals surface area (Å²) in [5.41, 5.74) is 0.913. The van der Waals surface area contributed by atoms with Gasteiger partial charge in [-0.05, 0) is 29.9 Å². The summed E-state index contributed by atoms with van der Waals surface area (Å²) < 4.78 is 0. The van der Waals surface area contributed by atoms with Crippen molar-refractivity contribution in [1.82, 2.24) is 15.2 Å². The van der Waals surface area contributed by atoms with E-state index >= 15 is 0 Å². The lowest BCUT2D eigenvalue weighted by Crippen LogP contribution is -2.36. The number of allylic oxidation sites excluding steroid dienone is 2. The Morgan fingerprint density at radius 3 is 2.54 bits per heavy atom. The third kappa shape index (κ3) is 2.42. The number of carbonyl (C=O) groups is 3. The Morgan fingerprint density at radius 2 is 1.92 bits per heavy atom. The van der Waals surface area contributed by atoms with Gasteiger partial charge in [0.1, 0.15) is 0 Å². The van der Waals surface area contributed by atoms with E-state index in [1.54, 1.807) is 12.4 Å². The lowest BCUT2D eigenvalue weighted by atomic mass is 9.85. The van der Waals surface area contributed by atoms with Crippen LogP contribution in [0.1, 0.15) is 18.4 Å². The van der Waals surface area contributed by atoms with Crippen LogP contribution in [0.15, 0.2) is 36.7 Å². The van der Waals surface area contributed by atoms with Crippen LogP contribution in [0.3, 0.4) is 0 Å². The first-order valence-electron chi connectivity index (χ1n) is 8.34. The van der Waals surface area contributed by atoms with E-state index in [2.05, 4.69) is 22.5 Å². The summed E-state index contributed by atoms with van der Waals surface area (Å²) in [6.07, 6.45) is 8.57. The van der Waals surface area contributed by atoms with Crippen LogP contribution in [0.25, 0.3) is 0 Å². The second-order valence-corrected chi connectivity index (χ2v) is 6.72. The molecule has 0 unspecified atom stereocenters. The number of pyridine rings is 1. The lowest BCUT2D eigenvalue weighted by molar-refractivity contribution is -0.141. The highest BCUT2D eigenvalue weighted by Crippen LogP contribution is 2.52. The number of likely N-dealkylation sites (tertiary alicyclic amines) is 1. The number of imide groups is 1. The molecule has 2 bridgehead atoms. The molecule has 0 radical (unpaired) electrons. The second kappa shape index (κ2) is 5.85. The summed E-state index contributed by atoms with van der Waals surface area (Å²) in [5, 5.41) is 2.79. The maximum Gasteiger partial charge on any atom is 0.233 e. The summed E-state index contributed by atoms with van der Waals surface area (Å²) in [7, 11) is 0. The summed E-state index contributed by atoms with van der Waals surface area (Å²) in [4.78, 5) is 42.3. The van der Waals surface area contributed by atoms with Crippen molar-refractivity contribution in [3.05, 3.63) is 42.2 Å². The molecule has 1 aromatic heterocycles. The van der Waals surface area contributed by atoms with Crippen molar-refractivity contribution in [2.45, 2.75) is 19.4 Å². The number of carbonyl (C=O) groups excluding carboxylic acids is 3. The number of aromatic nitrogens is 1. The van der Waals surface area contributed by atoms with Crippen LogP contribution in [-0.2, 0) is 20.9 Å². The topological polar surface area (TPSA) is 79.4 Å². The van der Waals surface area contributed by atoms with Gasteiger partial charge < -0.3 is 5.32 Å². The molecule has 24 heavy (non-hydrogen) atoms. The predicted octanol–water partition coefficient (Wildman–Crippen LogP) is 0.895. The molecule has 6 heteroatoms. The molecule has 1 aromatic rings. The second-order valence-electron chi connectivity index (χ2n) is 6.72. The number of fused-ring (bicyclic) bond motifs is 5. The molecule has 2 fully saturated rings. The van der Waals surface area contributed by atoms with Gasteiger partial charge in [-0.3, -0.25) is 24.3 Å². The van der Waals surface area contributed by atoms with E-state index in [0.717, 1.165) is 12.0 Å². The Bertz CT molecular complexity index is 685. The SMILES string of the molecule is O=C(CCN1C(=O)[C@H]2[C@H](C1=O)[C@H]1C=C[C@H]2C1)NCc1cccnc1. The van der Waals surface area contributed by atoms with Crippen LogP contribution < -0.4 is 5.32 Å². The first-order chi connectivity index (χ1) is 11.6. The Labute approximate surface area is 139 Å². The lowest BCUT2D eigenvalue weighted by Gasteiger charge is -2.16. The van der Waals surface area contributed by atoms with Gasteiger partial charge in [0.2, 0.25) is 17.7 Å². The molecule has 6 nitrogen and oxygen atoms in total. The zero-order valence-electron chi connectivity index (χ0n) is 13.2. The van der Waals surface area contributed by atoms with Crippen LogP contribution in [0.4, 0.5) is 0 Å². The molecule has 2 heterocycles. The first kappa shape index (κ1) is 15.1. The van der Waals surface area contributed by atoms with Crippen molar-refractivity contribution in [2.75, 3.05) is 6.54 Å². The molecule has 1 saturated heterocycles. The van der Waals surface area contributed by atoms with Gasteiger partial charge in [0, 0.05) is 31.9 Å². The molecule has 1 aliphatic heterocycles. The number of rotatable bonds is 5. The fraction of sp³-hybridized carbons (Fsp3) is 0.444. The minimum atomic E-state index is -0.189. The predicted molar refractivity (Wildman–Crippen MR) is 85.1 cm³/mol. The van der Waals surface area contributed by atoms with Crippen LogP contribution in [0.5, 0.6) is 0 Å². The van der Waals surface area contributed by atoms with E-state index in [0.29, 0.717) is 6.54 Å². The zero-order valence-corrected chi connectivity index (χ0v) is 13.2. The van der Waals surface area contributed by atoms with Gasteiger partial charge in [-0.15, -0.1) is 0 Å². The number of hydrogen-bond acceptors (Lipinski definition) is 4. The Morgan fingerprint density at radius 1 is 1.21 bits per heavy atom. The van der Waals surface area contributed by atoms with Crippen molar-refractivity contribution in [1.29, 1.82) is 0 Å². The Balaban J connectivity index is 1.31. The smallest absolute Gasteiger partial charge is 0.233 e. The maximum absolute atomic E-state index is 12.5. The third-order valence-electron chi connectivity index (χ3n) is 5.34. The van der Waals surface area contributed by atoms with E-state index in [1.165, 1.54) is 4.90 Å². The Hall–Kier alpha value is -2.50. The molecule has 0 spiro atoms. The monoisotopic (exact) mass is 325 g/mol. The number of nitrogens with one attached hydrogen (secondary N) is 1. The van der Waals surface area contributed by atoms with Crippen molar-refractivity contribution in [2.24, 2.45) is 23.7 Å². The molecule has 3 amide bonds. The van der Waals surface area contributed by atoms with Crippen LogP contribution in [0, 0.1) is 23.7 Å². The fourth-order valence-electron chi connectivity index (χ4n) is 4.19. The van der Waals surface area contributed by atoms with Crippen molar-refractivity contribution in [3.8, 4) is 0 Å². The van der Waals surface area contributed by atoms with E-state index in [4.69, 9.17) is 0 Å². The van der Waals surface area contributed by atoms with E-state index in [9.17, 15) is 14.4 Å². The summed E-state index contributed by atoms with van der Waals surface area (Å²) in [5.74, 6) is -0.319. The molecule has 1 N–H and O–H groups in total. The summed E-state index contributed by atoms with van der Waals surface area (Å²) >= 11 is 0. The van der Waals surface area contributed by atoms with Gasteiger partial charge in [-0.25, -0.2) is 0 Å². The first-order valence-corrected chi connectivity index (χ1v) is 8.34. The average Bonchev–Trinajstić information content (AvgIpc) is 3.27. The largest absolute Gasteiger partial charge is 0.352 e. The minimum absolute atomic E-state index is 0.0955. The highest BCUT2D eigenvalue weighted by Gasteiger charge is 2.58. The van der Waals surface area contributed by atoms with Gasteiger partial charge in [-0.1, -0.05) is 18.2 Å². The van der Waals surface area contributed by atoms with E-state index in [-0.39, 0.29) is 54.4 Å². The standard InChI is InChI=1S/C18H19N3O3/c22-14(20-10-11-2-1-6-19-9-11)5-7-21-17(23)15-12-3-4-13(8-12)16(15)18(21)24/h1-4,6,9,12-13,15-16H,5,7-8,10H2,(H,20,22)/t12-,13-,15+,16+/m0/s1. The van der Waals surface area contributed by atoms with Crippen LogP contribution >= 0.6 is 0 Å². The third-order valence-corrected chi connectivity index (χ3v) is 5.34. The highest BCUT2D eigenvalue weighted by atomic mass is 16.2. The summed E-state index contributed by atoms with van der Waals surface area (Å²) in [6.45, 7) is 0.566. The number of nitrogens with zero attached hydrogens (tertiary/aromatic N) is 2.